The van der Waals surface area contributed by atoms with Crippen LogP contribution in [-0.2, 0) is 22.9 Å². The first-order valence-corrected chi connectivity index (χ1v) is 9.02. The second kappa shape index (κ2) is 6.04. The van der Waals surface area contributed by atoms with E-state index in [0.29, 0.717) is 22.3 Å². The molecule has 0 saturated carbocycles. The largest absolute Gasteiger partial charge is 0.354 e. The Kier molecular flexibility index (Phi) is 4.09. The molecule has 0 bridgehead atoms. The highest BCUT2D eigenvalue weighted by Gasteiger charge is 2.21. The summed E-state index contributed by atoms with van der Waals surface area (Å²) >= 11 is 0. The van der Waals surface area contributed by atoms with Gasteiger partial charge in [0.2, 0.25) is 0 Å². The molecule has 0 aliphatic rings. The Labute approximate surface area is 135 Å². The second-order valence-corrected chi connectivity index (χ2v) is 6.93. The number of sulfonamides is 1. The number of nitrogens with zero attached hydrogens (tertiary/aromatic N) is 1. The molecule has 0 saturated heterocycles. The first-order valence-electron chi connectivity index (χ1n) is 7.54. The number of anilines is 1. The minimum absolute atomic E-state index is 0.213. The second-order valence-electron chi connectivity index (χ2n) is 5.28. The highest BCUT2D eigenvalue weighted by molar-refractivity contribution is 7.92. The molecule has 5 nitrogen and oxygen atoms in total. The first kappa shape index (κ1) is 15.6. The summed E-state index contributed by atoms with van der Waals surface area (Å²) in [5.74, 6) is 0.213. The topological polar surface area (TPSA) is 72.2 Å². The van der Waals surface area contributed by atoms with Crippen LogP contribution in [0.15, 0.2) is 51.9 Å². The van der Waals surface area contributed by atoms with E-state index in [9.17, 15) is 8.42 Å². The van der Waals surface area contributed by atoms with E-state index >= 15 is 0 Å². The number of benzene rings is 2. The number of hydrogen-bond donors (Lipinski definition) is 1. The zero-order valence-corrected chi connectivity index (χ0v) is 13.9. The van der Waals surface area contributed by atoms with Crippen molar-refractivity contribution in [1.82, 2.24) is 5.16 Å². The summed E-state index contributed by atoms with van der Waals surface area (Å²) in [6.07, 6.45) is 1.42. The molecule has 0 aliphatic carbocycles. The average molecular weight is 330 g/mol. The molecule has 1 N–H and O–H groups in total. The van der Waals surface area contributed by atoms with E-state index < -0.39 is 10.0 Å². The highest BCUT2D eigenvalue weighted by Crippen LogP contribution is 2.26. The summed E-state index contributed by atoms with van der Waals surface area (Å²) in [7, 11) is -3.72. The van der Waals surface area contributed by atoms with Gasteiger partial charge < -0.3 is 4.52 Å². The van der Waals surface area contributed by atoms with Crippen molar-refractivity contribution in [2.24, 2.45) is 0 Å². The normalized spacial score (nSPS) is 11.7. The van der Waals surface area contributed by atoms with Gasteiger partial charge in [0.05, 0.1) is 10.3 Å². The van der Waals surface area contributed by atoms with Gasteiger partial charge in [-0.15, -0.1) is 0 Å². The third-order valence-electron chi connectivity index (χ3n) is 3.82. The smallest absolute Gasteiger partial charge is 0.263 e. The predicted molar refractivity (Wildman–Crippen MR) is 90.0 cm³/mol. The molecule has 120 valence electrons. The lowest BCUT2D eigenvalue weighted by Crippen LogP contribution is -2.15. The third kappa shape index (κ3) is 2.94. The number of aryl methyl sites for hydroxylation is 2. The standard InChI is InChI=1S/C17H18N2O3S/c1-3-12-9-10-13(4-2)16(11-12)23(20,21)19-17-14-7-5-6-8-15(14)22-18-17/h5-11H,3-4H2,1-2H3,(H,18,19). The van der Waals surface area contributed by atoms with Gasteiger partial charge in [0.25, 0.3) is 10.0 Å². The zero-order chi connectivity index (χ0) is 16.4. The van der Waals surface area contributed by atoms with Crippen LogP contribution >= 0.6 is 0 Å². The van der Waals surface area contributed by atoms with Gasteiger partial charge >= 0.3 is 0 Å². The molecule has 23 heavy (non-hydrogen) atoms. The van der Waals surface area contributed by atoms with Crippen molar-refractivity contribution < 1.29 is 12.9 Å². The average Bonchev–Trinajstić information content (AvgIpc) is 2.97. The van der Waals surface area contributed by atoms with Gasteiger partial charge in [0, 0.05) is 0 Å². The van der Waals surface area contributed by atoms with Crippen molar-refractivity contribution in [3.8, 4) is 0 Å². The first-order chi connectivity index (χ1) is 11.0. The Morgan fingerprint density at radius 2 is 1.87 bits per heavy atom. The number of fused-ring (bicyclic) bond motifs is 1. The summed E-state index contributed by atoms with van der Waals surface area (Å²) in [4.78, 5) is 0.298. The van der Waals surface area contributed by atoms with Crippen LogP contribution in [0.5, 0.6) is 0 Å². The van der Waals surface area contributed by atoms with Gasteiger partial charge in [-0.25, -0.2) is 8.42 Å². The Morgan fingerprint density at radius 3 is 2.61 bits per heavy atom. The molecule has 0 amide bonds. The van der Waals surface area contributed by atoms with E-state index in [1.54, 1.807) is 18.2 Å². The van der Waals surface area contributed by atoms with Crippen molar-refractivity contribution in [2.75, 3.05) is 4.72 Å². The molecule has 3 aromatic rings. The Hall–Kier alpha value is -2.34. The lowest BCUT2D eigenvalue weighted by Gasteiger charge is -2.11. The van der Waals surface area contributed by atoms with Crippen molar-refractivity contribution in [3.05, 3.63) is 53.6 Å². The van der Waals surface area contributed by atoms with Crippen LogP contribution < -0.4 is 4.72 Å². The maximum Gasteiger partial charge on any atom is 0.263 e. The number of nitrogens with one attached hydrogen (secondary N) is 1. The monoisotopic (exact) mass is 330 g/mol. The number of hydrogen-bond acceptors (Lipinski definition) is 4. The fraction of sp³-hybridized carbons (Fsp3) is 0.235. The zero-order valence-electron chi connectivity index (χ0n) is 13.0. The summed E-state index contributed by atoms with van der Waals surface area (Å²) in [6, 6.07) is 12.7. The fourth-order valence-corrected chi connectivity index (χ4v) is 3.88. The van der Waals surface area contributed by atoms with Crippen molar-refractivity contribution in [2.45, 2.75) is 31.6 Å². The molecule has 3 rings (SSSR count). The fourth-order valence-electron chi connectivity index (χ4n) is 2.50. The van der Waals surface area contributed by atoms with Crippen LogP contribution in [0.2, 0.25) is 0 Å². The van der Waals surface area contributed by atoms with Crippen LogP contribution in [0, 0.1) is 0 Å². The van der Waals surface area contributed by atoms with Gasteiger partial charge in [0.1, 0.15) is 0 Å². The number of aromatic nitrogens is 1. The van der Waals surface area contributed by atoms with E-state index in [2.05, 4.69) is 9.88 Å². The third-order valence-corrected chi connectivity index (χ3v) is 5.24. The lowest BCUT2D eigenvalue weighted by atomic mass is 10.1. The predicted octanol–water partition coefficient (Wildman–Crippen LogP) is 3.75. The quantitative estimate of drug-likeness (QED) is 0.773. The van der Waals surface area contributed by atoms with Crippen LogP contribution in [-0.4, -0.2) is 13.6 Å². The molecule has 1 aromatic heterocycles. The summed E-state index contributed by atoms with van der Waals surface area (Å²) in [5.41, 5.74) is 2.30. The van der Waals surface area contributed by atoms with E-state index in [0.717, 1.165) is 17.5 Å². The van der Waals surface area contributed by atoms with Crippen LogP contribution in [0.3, 0.4) is 0 Å². The van der Waals surface area contributed by atoms with Gasteiger partial charge in [0.15, 0.2) is 11.4 Å². The molecule has 0 atom stereocenters. The Morgan fingerprint density at radius 1 is 1.09 bits per heavy atom. The molecule has 1 heterocycles. The Bertz CT molecular complexity index is 945. The maximum atomic E-state index is 12.8. The summed E-state index contributed by atoms with van der Waals surface area (Å²) in [6.45, 7) is 3.93. The SMILES string of the molecule is CCc1ccc(CC)c(S(=O)(=O)Nc2noc3ccccc23)c1. The van der Waals surface area contributed by atoms with Crippen molar-refractivity contribution >= 4 is 26.8 Å². The molecule has 0 aliphatic heterocycles. The van der Waals surface area contributed by atoms with E-state index in [1.807, 2.05) is 38.1 Å². The van der Waals surface area contributed by atoms with Gasteiger partial charge in [-0.2, -0.15) is 0 Å². The summed E-state index contributed by atoms with van der Waals surface area (Å²) in [5, 5.41) is 4.48. The van der Waals surface area contributed by atoms with E-state index in [4.69, 9.17) is 4.52 Å². The van der Waals surface area contributed by atoms with Gasteiger partial charge in [-0.3, -0.25) is 4.72 Å². The van der Waals surface area contributed by atoms with Gasteiger partial charge in [-0.05, 0) is 42.2 Å². The van der Waals surface area contributed by atoms with Gasteiger partial charge in [-0.1, -0.05) is 43.3 Å². The highest BCUT2D eigenvalue weighted by atomic mass is 32.2. The lowest BCUT2D eigenvalue weighted by molar-refractivity contribution is 0.460. The van der Waals surface area contributed by atoms with E-state index in [-0.39, 0.29) is 5.82 Å². The van der Waals surface area contributed by atoms with Crippen molar-refractivity contribution in [3.63, 3.8) is 0 Å². The van der Waals surface area contributed by atoms with E-state index in [1.165, 1.54) is 0 Å². The number of para-hydroxylation sites is 1. The molecule has 2 aromatic carbocycles. The molecule has 0 radical (unpaired) electrons. The number of rotatable bonds is 5. The molecular formula is C17H18N2O3S. The van der Waals surface area contributed by atoms with Crippen LogP contribution in [0.4, 0.5) is 5.82 Å². The molecule has 0 unspecified atom stereocenters. The molecule has 0 fully saturated rings. The maximum absolute atomic E-state index is 12.8. The van der Waals surface area contributed by atoms with Crippen molar-refractivity contribution in [1.29, 1.82) is 0 Å². The van der Waals surface area contributed by atoms with Crippen LogP contribution in [0.1, 0.15) is 25.0 Å². The molecular weight excluding hydrogens is 312 g/mol. The summed E-state index contributed by atoms with van der Waals surface area (Å²) < 4.78 is 33.3. The Balaban J connectivity index is 2.05. The molecule has 6 heteroatoms. The minimum atomic E-state index is -3.72. The van der Waals surface area contributed by atoms with Crippen LogP contribution in [0.25, 0.3) is 11.0 Å². The molecule has 0 spiro atoms. The minimum Gasteiger partial charge on any atom is -0.354 e.